The van der Waals surface area contributed by atoms with E-state index in [1.54, 1.807) is 0 Å². The third-order valence-electron chi connectivity index (χ3n) is 2.26. The van der Waals surface area contributed by atoms with E-state index in [0.29, 0.717) is 0 Å². The molecule has 1 atom stereocenters. The second kappa shape index (κ2) is 3.51. The van der Waals surface area contributed by atoms with Gasteiger partial charge in [-0.15, -0.1) is 0 Å². The molecule has 0 spiro atoms. The molecule has 0 radical (unpaired) electrons. The molecule has 0 amide bonds. The lowest BCUT2D eigenvalue weighted by molar-refractivity contribution is 0.575. The minimum atomic E-state index is 0.121. The van der Waals surface area contributed by atoms with Crippen LogP contribution in [0.3, 0.4) is 0 Å². The molecule has 1 rings (SSSR count). The zero-order valence-corrected chi connectivity index (χ0v) is 8.96. The van der Waals surface area contributed by atoms with Crippen LogP contribution in [-0.2, 0) is 5.41 Å². The molecule has 1 aromatic rings. The predicted molar refractivity (Wildman–Crippen MR) is 57.7 cm³/mol. The molecule has 0 aliphatic carbocycles. The van der Waals surface area contributed by atoms with E-state index in [-0.39, 0.29) is 11.5 Å². The van der Waals surface area contributed by atoms with Gasteiger partial charge in [0, 0.05) is 6.04 Å². The molecule has 0 bridgehead atoms. The highest BCUT2D eigenvalue weighted by Gasteiger charge is 2.18. The molecule has 2 N–H and O–H groups in total. The summed E-state index contributed by atoms with van der Waals surface area (Å²) in [4.78, 5) is 0. The molecule has 0 saturated carbocycles. The fraction of sp³-hybridized carbons (Fsp3) is 0.500. The lowest BCUT2D eigenvalue weighted by atomic mass is 9.82. The Balaban J connectivity index is 3.20. The number of rotatable bonds is 1. The molecule has 0 aromatic heterocycles. The van der Waals surface area contributed by atoms with Crippen LogP contribution in [0.2, 0.25) is 0 Å². The van der Waals surface area contributed by atoms with Crippen molar-refractivity contribution in [2.24, 2.45) is 5.73 Å². The number of benzene rings is 1. The first kappa shape index (κ1) is 10.3. The summed E-state index contributed by atoms with van der Waals surface area (Å²) in [5, 5.41) is 0. The molecule has 72 valence electrons. The van der Waals surface area contributed by atoms with Crippen LogP contribution in [0.1, 0.15) is 44.9 Å². The van der Waals surface area contributed by atoms with Crippen LogP contribution < -0.4 is 5.73 Å². The molecule has 0 aliphatic rings. The summed E-state index contributed by atoms with van der Waals surface area (Å²) in [6, 6.07) is 8.53. The Morgan fingerprint density at radius 1 is 1.15 bits per heavy atom. The van der Waals surface area contributed by atoms with E-state index in [0.717, 1.165) is 0 Å². The van der Waals surface area contributed by atoms with Gasteiger partial charge < -0.3 is 5.73 Å². The second-order valence-electron chi connectivity index (χ2n) is 4.63. The Morgan fingerprint density at radius 2 is 1.69 bits per heavy atom. The van der Waals surface area contributed by atoms with Crippen molar-refractivity contribution in [2.45, 2.75) is 39.2 Å². The molecule has 0 fully saturated rings. The van der Waals surface area contributed by atoms with Crippen molar-refractivity contribution < 1.29 is 0 Å². The zero-order chi connectivity index (χ0) is 10.1. The summed E-state index contributed by atoms with van der Waals surface area (Å²) in [7, 11) is 0. The van der Waals surface area contributed by atoms with Crippen LogP contribution in [0.5, 0.6) is 0 Å². The van der Waals surface area contributed by atoms with Gasteiger partial charge in [0.15, 0.2) is 0 Å². The van der Waals surface area contributed by atoms with Crippen molar-refractivity contribution in [1.82, 2.24) is 0 Å². The summed E-state index contributed by atoms with van der Waals surface area (Å²) >= 11 is 0. The fourth-order valence-corrected chi connectivity index (χ4v) is 1.58. The lowest BCUT2D eigenvalue weighted by Crippen LogP contribution is -2.18. The maximum Gasteiger partial charge on any atom is 0.0269 e. The molecule has 1 unspecified atom stereocenters. The van der Waals surface area contributed by atoms with Gasteiger partial charge >= 0.3 is 0 Å². The normalized spacial score (nSPS) is 14.2. The standard InChI is InChI=1S/C12H19N/c1-9(13)10-7-5-6-8-11(10)12(2,3)4/h5-9H,13H2,1-4H3. The van der Waals surface area contributed by atoms with Gasteiger partial charge in [0.05, 0.1) is 0 Å². The second-order valence-corrected chi connectivity index (χ2v) is 4.63. The summed E-state index contributed by atoms with van der Waals surface area (Å²) in [6.07, 6.45) is 0. The summed E-state index contributed by atoms with van der Waals surface area (Å²) in [5.41, 5.74) is 8.71. The Bertz CT molecular complexity index is 281. The highest BCUT2D eigenvalue weighted by Crippen LogP contribution is 2.28. The van der Waals surface area contributed by atoms with Crippen LogP contribution in [-0.4, -0.2) is 0 Å². The number of nitrogens with two attached hydrogens (primary N) is 1. The highest BCUT2D eigenvalue weighted by atomic mass is 14.6. The largest absolute Gasteiger partial charge is 0.324 e. The first-order valence-electron chi connectivity index (χ1n) is 4.78. The maximum absolute atomic E-state index is 5.91. The lowest BCUT2D eigenvalue weighted by Gasteiger charge is -2.24. The third-order valence-corrected chi connectivity index (χ3v) is 2.26. The van der Waals surface area contributed by atoms with E-state index in [9.17, 15) is 0 Å². The van der Waals surface area contributed by atoms with Gasteiger partial charge in [-0.05, 0) is 23.5 Å². The first-order chi connectivity index (χ1) is 5.93. The van der Waals surface area contributed by atoms with Gasteiger partial charge in [-0.2, -0.15) is 0 Å². The van der Waals surface area contributed by atoms with Gasteiger partial charge in [-0.25, -0.2) is 0 Å². The molecule has 0 aliphatic heterocycles. The molecule has 0 saturated heterocycles. The Morgan fingerprint density at radius 3 is 2.08 bits per heavy atom. The minimum Gasteiger partial charge on any atom is -0.324 e. The molecule has 13 heavy (non-hydrogen) atoms. The number of hydrogen-bond donors (Lipinski definition) is 1. The molecule has 0 heterocycles. The van der Waals surface area contributed by atoms with Crippen LogP contribution in [0, 0.1) is 0 Å². The summed E-state index contributed by atoms with van der Waals surface area (Å²) in [5.74, 6) is 0. The van der Waals surface area contributed by atoms with Crippen molar-refractivity contribution >= 4 is 0 Å². The van der Waals surface area contributed by atoms with Gasteiger partial charge in [0.25, 0.3) is 0 Å². The quantitative estimate of drug-likeness (QED) is 0.701. The average Bonchev–Trinajstić information content (AvgIpc) is 2.03. The number of hydrogen-bond acceptors (Lipinski definition) is 1. The molecular formula is C12H19N. The maximum atomic E-state index is 5.91. The van der Waals surface area contributed by atoms with E-state index in [1.807, 2.05) is 13.0 Å². The first-order valence-corrected chi connectivity index (χ1v) is 4.78. The van der Waals surface area contributed by atoms with Crippen molar-refractivity contribution in [3.8, 4) is 0 Å². The van der Waals surface area contributed by atoms with Gasteiger partial charge in [0.2, 0.25) is 0 Å². The van der Waals surface area contributed by atoms with Gasteiger partial charge in [-0.1, -0.05) is 45.0 Å². The van der Waals surface area contributed by atoms with E-state index >= 15 is 0 Å². The van der Waals surface area contributed by atoms with E-state index in [4.69, 9.17) is 5.73 Å². The van der Waals surface area contributed by atoms with Crippen LogP contribution in [0.25, 0.3) is 0 Å². The zero-order valence-electron chi connectivity index (χ0n) is 8.96. The molecule has 1 heteroatoms. The summed E-state index contributed by atoms with van der Waals surface area (Å²) in [6.45, 7) is 8.68. The Kier molecular flexibility index (Phi) is 2.77. The van der Waals surface area contributed by atoms with Gasteiger partial charge in [0.1, 0.15) is 0 Å². The van der Waals surface area contributed by atoms with E-state index in [2.05, 4.69) is 39.0 Å². The monoisotopic (exact) mass is 177 g/mol. The van der Waals surface area contributed by atoms with Crippen molar-refractivity contribution in [3.05, 3.63) is 35.4 Å². The van der Waals surface area contributed by atoms with Crippen molar-refractivity contribution in [2.75, 3.05) is 0 Å². The SMILES string of the molecule is CC(N)c1ccccc1C(C)(C)C. The molecular weight excluding hydrogens is 158 g/mol. The Labute approximate surface area is 81.0 Å². The van der Waals surface area contributed by atoms with Gasteiger partial charge in [-0.3, -0.25) is 0 Å². The summed E-state index contributed by atoms with van der Waals surface area (Å²) < 4.78 is 0. The molecule has 1 aromatic carbocycles. The van der Waals surface area contributed by atoms with Crippen molar-refractivity contribution in [3.63, 3.8) is 0 Å². The Hall–Kier alpha value is -0.820. The smallest absolute Gasteiger partial charge is 0.0269 e. The minimum absolute atomic E-state index is 0.121. The average molecular weight is 177 g/mol. The van der Waals surface area contributed by atoms with Crippen molar-refractivity contribution in [1.29, 1.82) is 0 Å². The molecule has 1 nitrogen and oxygen atoms in total. The predicted octanol–water partition coefficient (Wildman–Crippen LogP) is 3.00. The van der Waals surface area contributed by atoms with E-state index < -0.39 is 0 Å². The van der Waals surface area contributed by atoms with Crippen LogP contribution in [0.15, 0.2) is 24.3 Å². The van der Waals surface area contributed by atoms with Crippen LogP contribution >= 0.6 is 0 Å². The van der Waals surface area contributed by atoms with Crippen LogP contribution in [0.4, 0.5) is 0 Å². The van der Waals surface area contributed by atoms with E-state index in [1.165, 1.54) is 11.1 Å². The highest BCUT2D eigenvalue weighted by molar-refractivity contribution is 5.34. The third kappa shape index (κ3) is 2.31. The fourth-order valence-electron chi connectivity index (χ4n) is 1.58. The topological polar surface area (TPSA) is 26.0 Å².